The lowest BCUT2D eigenvalue weighted by Crippen LogP contribution is -2.33. The number of aryl methyl sites for hydroxylation is 2. The molecule has 0 amide bonds. The van der Waals surface area contributed by atoms with E-state index in [-0.39, 0.29) is 5.82 Å². The zero-order valence-electron chi connectivity index (χ0n) is 11.8. The molecule has 0 bridgehead atoms. The van der Waals surface area contributed by atoms with Crippen LogP contribution in [0.4, 0.5) is 4.39 Å². The monoisotopic (exact) mass is 308 g/mol. The summed E-state index contributed by atoms with van der Waals surface area (Å²) in [6.07, 6.45) is 2.11. The standard InChI is InChI=1S/C15H17FN2O2S/c1-11-17-18-14(21-11)10-15(19-8-9-20-15)7-6-12-2-4-13(16)5-3-12/h2-5H,6-10H2,1H3. The number of hydrogen-bond acceptors (Lipinski definition) is 5. The van der Waals surface area contributed by atoms with Crippen molar-refractivity contribution in [2.45, 2.75) is 32.0 Å². The average molecular weight is 308 g/mol. The Morgan fingerprint density at radius 3 is 2.52 bits per heavy atom. The van der Waals surface area contributed by atoms with Crippen LogP contribution in [0, 0.1) is 12.7 Å². The zero-order valence-corrected chi connectivity index (χ0v) is 12.7. The molecule has 1 aliphatic heterocycles. The lowest BCUT2D eigenvalue weighted by molar-refractivity contribution is -0.160. The molecule has 0 radical (unpaired) electrons. The van der Waals surface area contributed by atoms with E-state index in [9.17, 15) is 4.39 Å². The fraction of sp³-hybridized carbons (Fsp3) is 0.467. The molecule has 2 aromatic rings. The van der Waals surface area contributed by atoms with Crippen LogP contribution in [0.15, 0.2) is 24.3 Å². The SMILES string of the molecule is Cc1nnc(CC2(CCc3ccc(F)cc3)OCCO2)s1. The number of rotatable bonds is 5. The Morgan fingerprint density at radius 2 is 1.90 bits per heavy atom. The second-order valence-electron chi connectivity index (χ2n) is 5.13. The van der Waals surface area contributed by atoms with Gasteiger partial charge in [-0.3, -0.25) is 0 Å². The van der Waals surface area contributed by atoms with E-state index in [2.05, 4.69) is 10.2 Å². The van der Waals surface area contributed by atoms with Crippen molar-refractivity contribution in [3.63, 3.8) is 0 Å². The molecule has 112 valence electrons. The molecule has 1 aromatic heterocycles. The molecule has 0 N–H and O–H groups in total. The first-order valence-electron chi connectivity index (χ1n) is 6.97. The number of nitrogens with zero attached hydrogens (tertiary/aromatic N) is 2. The summed E-state index contributed by atoms with van der Waals surface area (Å²) in [7, 11) is 0. The first-order valence-corrected chi connectivity index (χ1v) is 7.78. The molecule has 0 aliphatic carbocycles. The van der Waals surface area contributed by atoms with Crippen molar-refractivity contribution in [1.29, 1.82) is 0 Å². The molecule has 1 fully saturated rings. The van der Waals surface area contributed by atoms with Crippen LogP contribution in [0.5, 0.6) is 0 Å². The van der Waals surface area contributed by atoms with Gasteiger partial charge in [-0.1, -0.05) is 12.1 Å². The molecule has 0 spiro atoms. The molecule has 1 aliphatic rings. The average Bonchev–Trinajstić information content (AvgIpc) is 3.09. The minimum Gasteiger partial charge on any atom is -0.347 e. The minimum atomic E-state index is -0.625. The van der Waals surface area contributed by atoms with Gasteiger partial charge in [-0.2, -0.15) is 0 Å². The van der Waals surface area contributed by atoms with E-state index in [1.165, 1.54) is 12.1 Å². The maximum Gasteiger partial charge on any atom is 0.175 e. The summed E-state index contributed by atoms with van der Waals surface area (Å²) in [5.74, 6) is -0.841. The van der Waals surface area contributed by atoms with E-state index in [1.807, 2.05) is 6.92 Å². The summed E-state index contributed by atoms with van der Waals surface area (Å²) in [5, 5.41) is 10.0. The Labute approximate surface area is 126 Å². The van der Waals surface area contributed by atoms with Crippen molar-refractivity contribution in [1.82, 2.24) is 10.2 Å². The van der Waals surface area contributed by atoms with Gasteiger partial charge >= 0.3 is 0 Å². The third-order valence-electron chi connectivity index (χ3n) is 3.51. The lowest BCUT2D eigenvalue weighted by atomic mass is 10.0. The van der Waals surface area contributed by atoms with Gasteiger partial charge in [0.25, 0.3) is 0 Å². The second-order valence-corrected chi connectivity index (χ2v) is 6.39. The number of benzene rings is 1. The molecule has 6 heteroatoms. The Balaban J connectivity index is 1.67. The van der Waals surface area contributed by atoms with E-state index >= 15 is 0 Å². The fourth-order valence-electron chi connectivity index (χ4n) is 2.46. The third kappa shape index (κ3) is 3.64. The van der Waals surface area contributed by atoms with Crippen LogP contribution >= 0.6 is 11.3 Å². The maximum atomic E-state index is 12.9. The van der Waals surface area contributed by atoms with E-state index in [4.69, 9.17) is 9.47 Å². The molecule has 0 saturated carbocycles. The van der Waals surface area contributed by atoms with Gasteiger partial charge in [0.2, 0.25) is 0 Å². The van der Waals surface area contributed by atoms with Crippen LogP contribution in [0.25, 0.3) is 0 Å². The molecule has 3 rings (SSSR count). The smallest absolute Gasteiger partial charge is 0.175 e. The predicted molar refractivity (Wildman–Crippen MR) is 77.7 cm³/mol. The molecular formula is C15H17FN2O2S. The first kappa shape index (κ1) is 14.6. The van der Waals surface area contributed by atoms with Crippen molar-refractivity contribution in [2.75, 3.05) is 13.2 Å². The van der Waals surface area contributed by atoms with Crippen molar-refractivity contribution < 1.29 is 13.9 Å². The van der Waals surface area contributed by atoms with Crippen LogP contribution in [-0.4, -0.2) is 29.2 Å². The van der Waals surface area contributed by atoms with Gasteiger partial charge in [-0.25, -0.2) is 4.39 Å². The first-order chi connectivity index (χ1) is 10.2. The Morgan fingerprint density at radius 1 is 1.19 bits per heavy atom. The topological polar surface area (TPSA) is 44.2 Å². The normalized spacial score (nSPS) is 17.2. The maximum absolute atomic E-state index is 12.9. The fourth-order valence-corrected chi connectivity index (χ4v) is 3.25. The molecule has 0 atom stereocenters. The summed E-state index contributed by atoms with van der Waals surface area (Å²) < 4.78 is 24.6. The quantitative estimate of drug-likeness (QED) is 0.852. The van der Waals surface area contributed by atoms with Gasteiger partial charge in [0.1, 0.15) is 15.8 Å². The highest BCUT2D eigenvalue weighted by Gasteiger charge is 2.37. The van der Waals surface area contributed by atoms with Gasteiger partial charge in [0.05, 0.1) is 19.6 Å². The highest BCUT2D eigenvalue weighted by atomic mass is 32.1. The molecule has 0 unspecified atom stereocenters. The van der Waals surface area contributed by atoms with Crippen LogP contribution in [0.2, 0.25) is 0 Å². The van der Waals surface area contributed by atoms with Crippen LogP contribution in [0.1, 0.15) is 22.0 Å². The van der Waals surface area contributed by atoms with E-state index in [0.29, 0.717) is 19.6 Å². The highest BCUT2D eigenvalue weighted by Crippen LogP contribution is 2.30. The largest absolute Gasteiger partial charge is 0.347 e. The van der Waals surface area contributed by atoms with Crippen LogP contribution < -0.4 is 0 Å². The number of ether oxygens (including phenoxy) is 2. The second kappa shape index (κ2) is 6.17. The van der Waals surface area contributed by atoms with Crippen LogP contribution in [-0.2, 0) is 22.3 Å². The van der Waals surface area contributed by atoms with Crippen molar-refractivity contribution in [2.24, 2.45) is 0 Å². The van der Waals surface area contributed by atoms with Gasteiger partial charge in [-0.05, 0) is 31.0 Å². The molecule has 1 aromatic carbocycles. The summed E-state index contributed by atoms with van der Waals surface area (Å²) in [5.41, 5.74) is 1.07. The van der Waals surface area contributed by atoms with Gasteiger partial charge in [0, 0.05) is 6.42 Å². The third-order valence-corrected chi connectivity index (χ3v) is 4.35. The molecule has 21 heavy (non-hydrogen) atoms. The van der Waals surface area contributed by atoms with Gasteiger partial charge < -0.3 is 9.47 Å². The summed E-state index contributed by atoms with van der Waals surface area (Å²) in [6, 6.07) is 6.55. The molecule has 1 saturated heterocycles. The Hall–Kier alpha value is -1.37. The van der Waals surface area contributed by atoms with E-state index in [0.717, 1.165) is 28.4 Å². The summed E-state index contributed by atoms with van der Waals surface area (Å²) >= 11 is 1.56. The highest BCUT2D eigenvalue weighted by molar-refractivity contribution is 7.11. The molecule has 4 nitrogen and oxygen atoms in total. The Kier molecular flexibility index (Phi) is 4.28. The van der Waals surface area contributed by atoms with Crippen molar-refractivity contribution in [3.8, 4) is 0 Å². The molecular weight excluding hydrogens is 291 g/mol. The molecule has 2 heterocycles. The van der Waals surface area contributed by atoms with E-state index < -0.39 is 5.79 Å². The lowest BCUT2D eigenvalue weighted by Gasteiger charge is -2.26. The van der Waals surface area contributed by atoms with Crippen molar-refractivity contribution in [3.05, 3.63) is 45.7 Å². The summed E-state index contributed by atoms with van der Waals surface area (Å²) in [6.45, 7) is 3.13. The Bertz CT molecular complexity index is 594. The summed E-state index contributed by atoms with van der Waals surface area (Å²) in [4.78, 5) is 0. The number of hydrogen-bond donors (Lipinski definition) is 0. The number of halogens is 1. The van der Waals surface area contributed by atoms with Gasteiger partial charge in [0.15, 0.2) is 5.79 Å². The van der Waals surface area contributed by atoms with E-state index in [1.54, 1.807) is 23.5 Å². The van der Waals surface area contributed by atoms with Gasteiger partial charge in [-0.15, -0.1) is 21.5 Å². The zero-order chi connectivity index (χ0) is 14.7. The minimum absolute atomic E-state index is 0.217. The van der Waals surface area contributed by atoms with Crippen molar-refractivity contribution >= 4 is 11.3 Å². The number of aromatic nitrogens is 2. The predicted octanol–water partition coefficient (Wildman–Crippen LogP) is 2.90. The van der Waals surface area contributed by atoms with Crippen LogP contribution in [0.3, 0.4) is 0 Å².